The summed E-state index contributed by atoms with van der Waals surface area (Å²) in [6.07, 6.45) is 0. The Hall–Kier alpha value is -2.22. The number of hydrogen-bond donors (Lipinski definition) is 0. The van der Waals surface area contributed by atoms with E-state index in [1.165, 1.54) is 0 Å². The number of aromatic nitrogens is 2. The Morgan fingerprint density at radius 1 is 1.14 bits per heavy atom. The van der Waals surface area contributed by atoms with E-state index in [0.29, 0.717) is 13.2 Å². The van der Waals surface area contributed by atoms with Gasteiger partial charge in [0.05, 0.1) is 25.2 Å². The highest BCUT2D eigenvalue weighted by atomic mass is 32.1. The van der Waals surface area contributed by atoms with Crippen molar-refractivity contribution in [1.82, 2.24) is 14.5 Å². The second-order valence-electron chi connectivity index (χ2n) is 7.24. The first kappa shape index (κ1) is 20.1. The average Bonchev–Trinajstić information content (AvgIpc) is 3.05. The molecule has 0 bridgehead atoms. The summed E-state index contributed by atoms with van der Waals surface area (Å²) in [5.74, 6) is 1.61. The molecule has 1 fully saturated rings. The molecule has 0 aliphatic carbocycles. The van der Waals surface area contributed by atoms with E-state index >= 15 is 0 Å². The Labute approximate surface area is 174 Å². The van der Waals surface area contributed by atoms with E-state index in [-0.39, 0.29) is 5.56 Å². The highest BCUT2D eigenvalue weighted by Gasteiger charge is 2.19. The number of morpholine rings is 1. The SMILES string of the molecule is CCOc1ccc(-c2c(C)sc3nc(C)n(CCN4CCOCC4)c(=O)c23)cc1. The minimum absolute atomic E-state index is 0.0500. The molecule has 0 radical (unpaired) electrons. The Bertz CT molecular complexity index is 1050. The third-order valence-electron chi connectivity index (χ3n) is 5.38. The van der Waals surface area contributed by atoms with Gasteiger partial charge in [-0.1, -0.05) is 12.1 Å². The van der Waals surface area contributed by atoms with E-state index in [4.69, 9.17) is 14.5 Å². The van der Waals surface area contributed by atoms with Crippen LogP contribution in [0.5, 0.6) is 5.75 Å². The predicted octanol–water partition coefficient (Wildman–Crippen LogP) is 3.47. The van der Waals surface area contributed by atoms with E-state index in [0.717, 1.165) is 70.6 Å². The summed E-state index contributed by atoms with van der Waals surface area (Å²) in [7, 11) is 0. The van der Waals surface area contributed by atoms with Crippen LogP contribution in [0.4, 0.5) is 0 Å². The molecule has 0 N–H and O–H groups in total. The van der Waals surface area contributed by atoms with Gasteiger partial charge in [-0.25, -0.2) is 4.98 Å². The molecule has 3 heterocycles. The maximum atomic E-state index is 13.5. The summed E-state index contributed by atoms with van der Waals surface area (Å²) in [6.45, 7) is 11.4. The zero-order valence-electron chi connectivity index (χ0n) is 17.2. The van der Waals surface area contributed by atoms with Crippen LogP contribution in [0.3, 0.4) is 0 Å². The van der Waals surface area contributed by atoms with Crippen LogP contribution >= 0.6 is 11.3 Å². The van der Waals surface area contributed by atoms with Gasteiger partial charge in [-0.15, -0.1) is 11.3 Å². The normalized spacial score (nSPS) is 15.1. The molecule has 0 unspecified atom stereocenters. The van der Waals surface area contributed by atoms with Crippen LogP contribution in [0.2, 0.25) is 0 Å². The van der Waals surface area contributed by atoms with Gasteiger partial charge < -0.3 is 9.47 Å². The van der Waals surface area contributed by atoms with Crippen molar-refractivity contribution in [1.29, 1.82) is 0 Å². The molecule has 1 aliphatic rings. The zero-order valence-corrected chi connectivity index (χ0v) is 18.1. The van der Waals surface area contributed by atoms with Gasteiger partial charge in [0.2, 0.25) is 0 Å². The van der Waals surface area contributed by atoms with Crippen LogP contribution in [0, 0.1) is 13.8 Å². The summed E-state index contributed by atoms with van der Waals surface area (Å²) < 4.78 is 12.8. The fourth-order valence-electron chi connectivity index (χ4n) is 3.86. The van der Waals surface area contributed by atoms with Crippen molar-refractivity contribution >= 4 is 21.6 Å². The third kappa shape index (κ3) is 4.08. The monoisotopic (exact) mass is 413 g/mol. The lowest BCUT2D eigenvalue weighted by Gasteiger charge is -2.26. The van der Waals surface area contributed by atoms with Gasteiger partial charge in [0.1, 0.15) is 16.4 Å². The molecule has 7 heteroatoms. The van der Waals surface area contributed by atoms with Crippen LogP contribution in [0.25, 0.3) is 21.3 Å². The number of ether oxygens (including phenoxy) is 2. The molecule has 29 heavy (non-hydrogen) atoms. The standard InChI is InChI=1S/C22H27N3O3S/c1-4-28-18-7-5-17(6-8-18)19-15(2)29-21-20(19)22(26)25(16(3)23-21)10-9-24-11-13-27-14-12-24/h5-8H,4,9-14H2,1-3H3. The lowest BCUT2D eigenvalue weighted by atomic mass is 10.0. The van der Waals surface area contributed by atoms with Crippen LogP contribution in [-0.4, -0.2) is 53.9 Å². The molecule has 6 nitrogen and oxygen atoms in total. The second kappa shape index (κ2) is 8.65. The number of aryl methyl sites for hydroxylation is 2. The first-order valence-corrected chi connectivity index (χ1v) is 10.9. The van der Waals surface area contributed by atoms with Crippen LogP contribution in [0.15, 0.2) is 29.1 Å². The van der Waals surface area contributed by atoms with Gasteiger partial charge in [0.25, 0.3) is 5.56 Å². The Morgan fingerprint density at radius 3 is 2.55 bits per heavy atom. The minimum atomic E-state index is 0.0500. The van der Waals surface area contributed by atoms with Gasteiger partial charge in [-0.2, -0.15) is 0 Å². The fraction of sp³-hybridized carbons (Fsp3) is 0.455. The number of thiophene rings is 1. The Kier molecular flexibility index (Phi) is 5.99. The van der Waals surface area contributed by atoms with Crippen molar-refractivity contribution in [2.45, 2.75) is 27.3 Å². The summed E-state index contributed by atoms with van der Waals surface area (Å²) in [5.41, 5.74) is 2.07. The topological polar surface area (TPSA) is 56.6 Å². The first-order valence-electron chi connectivity index (χ1n) is 10.1. The molecule has 154 valence electrons. The molecule has 2 aromatic heterocycles. The molecule has 0 atom stereocenters. The largest absolute Gasteiger partial charge is 0.494 e. The lowest BCUT2D eigenvalue weighted by Crippen LogP contribution is -2.39. The van der Waals surface area contributed by atoms with Crippen LogP contribution in [0.1, 0.15) is 17.6 Å². The number of nitrogens with zero attached hydrogens (tertiary/aromatic N) is 3. The van der Waals surface area contributed by atoms with Gasteiger partial charge in [-0.3, -0.25) is 14.3 Å². The quantitative estimate of drug-likeness (QED) is 0.619. The van der Waals surface area contributed by atoms with Gasteiger partial charge >= 0.3 is 0 Å². The van der Waals surface area contributed by atoms with Crippen molar-refractivity contribution in [2.24, 2.45) is 0 Å². The summed E-state index contributed by atoms with van der Waals surface area (Å²) in [4.78, 5) is 22.5. The first-order chi connectivity index (χ1) is 14.1. The molecule has 1 aromatic carbocycles. The fourth-order valence-corrected chi connectivity index (χ4v) is 4.94. The maximum Gasteiger partial charge on any atom is 0.262 e. The molecule has 4 rings (SSSR count). The third-order valence-corrected chi connectivity index (χ3v) is 6.38. The highest BCUT2D eigenvalue weighted by molar-refractivity contribution is 7.19. The molecular formula is C22H27N3O3S. The van der Waals surface area contributed by atoms with Crippen molar-refractivity contribution in [2.75, 3.05) is 39.5 Å². The summed E-state index contributed by atoms with van der Waals surface area (Å²) in [5, 5.41) is 0.726. The molecule has 0 saturated carbocycles. The number of fused-ring (bicyclic) bond motifs is 1. The van der Waals surface area contributed by atoms with Crippen LogP contribution < -0.4 is 10.3 Å². The predicted molar refractivity (Wildman–Crippen MR) is 117 cm³/mol. The number of rotatable bonds is 6. The molecule has 0 spiro atoms. The molecule has 1 saturated heterocycles. The van der Waals surface area contributed by atoms with Crippen molar-refractivity contribution in [3.05, 3.63) is 45.3 Å². The van der Waals surface area contributed by atoms with E-state index in [1.54, 1.807) is 11.3 Å². The minimum Gasteiger partial charge on any atom is -0.494 e. The molecule has 3 aromatic rings. The smallest absolute Gasteiger partial charge is 0.262 e. The number of benzene rings is 1. The van der Waals surface area contributed by atoms with Gasteiger partial charge in [0, 0.05) is 36.6 Å². The highest BCUT2D eigenvalue weighted by Crippen LogP contribution is 2.36. The van der Waals surface area contributed by atoms with Crippen molar-refractivity contribution < 1.29 is 9.47 Å². The van der Waals surface area contributed by atoms with E-state index < -0.39 is 0 Å². The Morgan fingerprint density at radius 2 is 1.86 bits per heavy atom. The van der Waals surface area contributed by atoms with Crippen molar-refractivity contribution in [3.63, 3.8) is 0 Å². The molecule has 1 aliphatic heterocycles. The maximum absolute atomic E-state index is 13.5. The van der Waals surface area contributed by atoms with E-state index in [9.17, 15) is 4.79 Å². The van der Waals surface area contributed by atoms with E-state index in [1.807, 2.05) is 42.7 Å². The van der Waals surface area contributed by atoms with Gasteiger partial charge in [-0.05, 0) is 38.5 Å². The average molecular weight is 414 g/mol. The summed E-state index contributed by atoms with van der Waals surface area (Å²) in [6, 6.07) is 7.97. The number of hydrogen-bond acceptors (Lipinski definition) is 6. The van der Waals surface area contributed by atoms with Gasteiger partial charge in [0.15, 0.2) is 0 Å². The second-order valence-corrected chi connectivity index (χ2v) is 8.44. The van der Waals surface area contributed by atoms with E-state index in [2.05, 4.69) is 11.8 Å². The Balaban J connectivity index is 1.71. The molecular weight excluding hydrogens is 386 g/mol. The summed E-state index contributed by atoms with van der Waals surface area (Å²) >= 11 is 1.59. The van der Waals surface area contributed by atoms with Crippen molar-refractivity contribution in [3.8, 4) is 16.9 Å². The van der Waals surface area contributed by atoms with Crippen LogP contribution in [-0.2, 0) is 11.3 Å². The zero-order chi connectivity index (χ0) is 20.4. The molecule has 0 amide bonds. The lowest BCUT2D eigenvalue weighted by molar-refractivity contribution is 0.0362.